The lowest BCUT2D eigenvalue weighted by Crippen LogP contribution is -2.53. The Morgan fingerprint density at radius 1 is 1.23 bits per heavy atom. The third-order valence-electron chi connectivity index (χ3n) is 4.54. The van der Waals surface area contributed by atoms with Gasteiger partial charge in [-0.3, -0.25) is 4.79 Å². The summed E-state index contributed by atoms with van der Waals surface area (Å²) in [6.45, 7) is 3.70. The van der Waals surface area contributed by atoms with Gasteiger partial charge in [-0.1, -0.05) is 30.3 Å². The van der Waals surface area contributed by atoms with Gasteiger partial charge < -0.3 is 25.6 Å². The Kier molecular flexibility index (Phi) is 4.94. The molecule has 1 aromatic heterocycles. The van der Waals surface area contributed by atoms with Crippen molar-refractivity contribution in [3.8, 4) is 0 Å². The molecule has 0 spiro atoms. The average molecular weight is 354 g/mol. The summed E-state index contributed by atoms with van der Waals surface area (Å²) >= 11 is 0. The number of hydrogen-bond donors (Lipinski definition) is 3. The van der Waals surface area contributed by atoms with Crippen LogP contribution in [0.2, 0.25) is 0 Å². The van der Waals surface area contributed by atoms with Crippen LogP contribution in [0.5, 0.6) is 0 Å². The summed E-state index contributed by atoms with van der Waals surface area (Å²) in [5, 5.41) is 9.65. The van der Waals surface area contributed by atoms with Crippen molar-refractivity contribution in [3.05, 3.63) is 42.2 Å². The number of ether oxygens (including phenoxy) is 1. The van der Waals surface area contributed by atoms with Gasteiger partial charge in [0.05, 0.1) is 13.2 Å². The van der Waals surface area contributed by atoms with E-state index in [4.69, 9.17) is 4.74 Å². The number of piperazine rings is 1. The van der Waals surface area contributed by atoms with Crippen LogP contribution in [0.3, 0.4) is 0 Å². The van der Waals surface area contributed by atoms with Crippen LogP contribution in [-0.4, -0.2) is 54.7 Å². The lowest BCUT2D eigenvalue weighted by Gasteiger charge is -2.35. The quantitative estimate of drug-likeness (QED) is 0.657. The van der Waals surface area contributed by atoms with Gasteiger partial charge in [-0.15, -0.1) is 0 Å². The first-order valence-electron chi connectivity index (χ1n) is 8.77. The molecule has 3 N–H and O–H groups in total. The highest BCUT2D eigenvalue weighted by Crippen LogP contribution is 2.34. The fourth-order valence-electron chi connectivity index (χ4n) is 3.29. The standard InChI is InChI=1S/C18H22N6O2/c25-9-15-22-16-17(23-15)20-12-21-18(16)24-7-6-19-14(8-24)11-26-10-13-4-2-1-3-5-13/h1-5,9,12,14-15,19,22H,6-8,10-11H2,(H,20,21,23). The SMILES string of the molecule is O=CC1Nc2ncnc(N3CCNC(COCc4ccccc4)C3)c2N1. The molecule has 136 valence electrons. The van der Waals surface area contributed by atoms with E-state index >= 15 is 0 Å². The summed E-state index contributed by atoms with van der Waals surface area (Å²) in [5.74, 6) is 1.49. The van der Waals surface area contributed by atoms with Crippen molar-refractivity contribution in [2.24, 2.45) is 0 Å². The molecule has 0 bridgehead atoms. The first kappa shape index (κ1) is 16.7. The summed E-state index contributed by atoms with van der Waals surface area (Å²) in [6.07, 6.45) is 1.90. The zero-order chi connectivity index (χ0) is 17.8. The molecule has 2 unspecified atom stereocenters. The number of fused-ring (bicyclic) bond motifs is 1. The molecular weight excluding hydrogens is 332 g/mol. The first-order valence-corrected chi connectivity index (χ1v) is 8.77. The van der Waals surface area contributed by atoms with Crippen LogP contribution < -0.4 is 20.9 Å². The second kappa shape index (κ2) is 7.67. The van der Waals surface area contributed by atoms with Gasteiger partial charge in [0.1, 0.15) is 12.0 Å². The average Bonchev–Trinajstić information content (AvgIpc) is 3.12. The molecule has 2 atom stereocenters. The molecule has 26 heavy (non-hydrogen) atoms. The molecule has 0 aliphatic carbocycles. The van der Waals surface area contributed by atoms with Crippen molar-refractivity contribution in [2.75, 3.05) is 41.8 Å². The third-order valence-corrected chi connectivity index (χ3v) is 4.54. The van der Waals surface area contributed by atoms with Crippen LogP contribution in [0.25, 0.3) is 0 Å². The minimum Gasteiger partial charge on any atom is -0.375 e. The van der Waals surface area contributed by atoms with Crippen LogP contribution in [0.4, 0.5) is 17.3 Å². The van der Waals surface area contributed by atoms with Crippen LogP contribution in [-0.2, 0) is 16.1 Å². The second-order valence-corrected chi connectivity index (χ2v) is 6.42. The maximum atomic E-state index is 11.0. The van der Waals surface area contributed by atoms with Crippen molar-refractivity contribution < 1.29 is 9.53 Å². The number of benzene rings is 1. The van der Waals surface area contributed by atoms with E-state index < -0.39 is 6.17 Å². The number of hydrogen-bond acceptors (Lipinski definition) is 8. The van der Waals surface area contributed by atoms with Crippen molar-refractivity contribution in [1.82, 2.24) is 15.3 Å². The number of anilines is 3. The normalized spacial score (nSPS) is 21.6. The number of nitrogens with zero attached hydrogens (tertiary/aromatic N) is 3. The van der Waals surface area contributed by atoms with E-state index in [1.807, 2.05) is 18.2 Å². The summed E-state index contributed by atoms with van der Waals surface area (Å²) in [4.78, 5) is 21.9. The molecule has 2 aliphatic heterocycles. The minimum absolute atomic E-state index is 0.217. The van der Waals surface area contributed by atoms with Gasteiger partial charge in [0.25, 0.3) is 0 Å². The van der Waals surface area contributed by atoms with Gasteiger partial charge in [0, 0.05) is 25.7 Å². The summed E-state index contributed by atoms with van der Waals surface area (Å²) in [5.41, 5.74) is 1.96. The van der Waals surface area contributed by atoms with Gasteiger partial charge in [0.2, 0.25) is 0 Å². The molecule has 0 radical (unpaired) electrons. The number of aldehydes is 1. The number of rotatable bonds is 6. The van der Waals surface area contributed by atoms with E-state index in [1.54, 1.807) is 0 Å². The molecular formula is C18H22N6O2. The van der Waals surface area contributed by atoms with E-state index in [0.717, 1.165) is 37.4 Å². The van der Waals surface area contributed by atoms with Gasteiger partial charge in [-0.25, -0.2) is 9.97 Å². The first-order chi connectivity index (χ1) is 12.8. The van der Waals surface area contributed by atoms with E-state index in [2.05, 4.69) is 43.0 Å². The fraction of sp³-hybridized carbons (Fsp3) is 0.389. The van der Waals surface area contributed by atoms with Crippen LogP contribution in [0, 0.1) is 0 Å². The highest BCUT2D eigenvalue weighted by atomic mass is 16.5. The maximum Gasteiger partial charge on any atom is 0.162 e. The lowest BCUT2D eigenvalue weighted by molar-refractivity contribution is -0.107. The molecule has 8 heteroatoms. The van der Waals surface area contributed by atoms with Crippen molar-refractivity contribution in [1.29, 1.82) is 0 Å². The van der Waals surface area contributed by atoms with E-state index in [9.17, 15) is 4.79 Å². The van der Waals surface area contributed by atoms with E-state index in [0.29, 0.717) is 19.0 Å². The summed E-state index contributed by atoms with van der Waals surface area (Å²) in [7, 11) is 0. The highest BCUT2D eigenvalue weighted by Gasteiger charge is 2.28. The van der Waals surface area contributed by atoms with Gasteiger partial charge in [-0.2, -0.15) is 0 Å². The molecule has 2 aliphatic rings. The zero-order valence-corrected chi connectivity index (χ0v) is 14.4. The van der Waals surface area contributed by atoms with Crippen LogP contribution >= 0.6 is 0 Å². The molecule has 3 heterocycles. The van der Waals surface area contributed by atoms with Gasteiger partial charge in [-0.05, 0) is 5.56 Å². The van der Waals surface area contributed by atoms with Crippen molar-refractivity contribution in [2.45, 2.75) is 18.8 Å². The summed E-state index contributed by atoms with van der Waals surface area (Å²) in [6, 6.07) is 10.4. The summed E-state index contributed by atoms with van der Waals surface area (Å²) < 4.78 is 5.87. The predicted molar refractivity (Wildman–Crippen MR) is 99.2 cm³/mol. The highest BCUT2D eigenvalue weighted by molar-refractivity contribution is 5.87. The molecule has 1 saturated heterocycles. The maximum absolute atomic E-state index is 11.0. The van der Waals surface area contributed by atoms with Crippen LogP contribution in [0.15, 0.2) is 36.7 Å². The third kappa shape index (κ3) is 3.61. The Hall–Kier alpha value is -2.71. The van der Waals surface area contributed by atoms with Crippen molar-refractivity contribution in [3.63, 3.8) is 0 Å². The number of aromatic nitrogens is 2. The van der Waals surface area contributed by atoms with E-state index in [-0.39, 0.29) is 6.04 Å². The van der Waals surface area contributed by atoms with E-state index in [1.165, 1.54) is 11.9 Å². The molecule has 1 aromatic carbocycles. The van der Waals surface area contributed by atoms with Crippen molar-refractivity contribution >= 4 is 23.6 Å². The molecule has 8 nitrogen and oxygen atoms in total. The van der Waals surface area contributed by atoms with Gasteiger partial charge in [0.15, 0.2) is 24.1 Å². The number of carbonyl (C=O) groups is 1. The molecule has 0 saturated carbocycles. The smallest absolute Gasteiger partial charge is 0.162 e. The molecule has 2 aromatic rings. The Bertz CT molecular complexity index is 757. The Balaban J connectivity index is 1.37. The number of nitrogens with one attached hydrogen (secondary N) is 3. The zero-order valence-electron chi connectivity index (χ0n) is 14.4. The molecule has 4 rings (SSSR count). The molecule has 0 amide bonds. The second-order valence-electron chi connectivity index (χ2n) is 6.42. The lowest BCUT2D eigenvalue weighted by atomic mass is 10.2. The Morgan fingerprint density at radius 3 is 2.96 bits per heavy atom. The fourth-order valence-corrected chi connectivity index (χ4v) is 3.29. The minimum atomic E-state index is -0.451. The monoisotopic (exact) mass is 354 g/mol. The largest absolute Gasteiger partial charge is 0.375 e. The topological polar surface area (TPSA) is 91.4 Å². The van der Waals surface area contributed by atoms with Gasteiger partial charge >= 0.3 is 0 Å². The Morgan fingerprint density at radius 2 is 2.12 bits per heavy atom. The number of carbonyl (C=O) groups excluding carboxylic acids is 1. The predicted octanol–water partition coefficient (Wildman–Crippen LogP) is 0.834. The molecule has 1 fully saturated rings. The van der Waals surface area contributed by atoms with Crippen LogP contribution in [0.1, 0.15) is 5.56 Å². The Labute approximate surface area is 152 Å².